The summed E-state index contributed by atoms with van der Waals surface area (Å²) in [5.74, 6) is -6.28. The van der Waals surface area contributed by atoms with E-state index < -0.39 is 46.7 Å². The maximum absolute atomic E-state index is 14.9. The van der Waals surface area contributed by atoms with Crippen LogP contribution >= 0.6 is 0 Å². The molecular weight excluding hydrogens is 569 g/mol. The molecule has 0 N–H and O–H groups in total. The fourth-order valence-electron chi connectivity index (χ4n) is 3.95. The lowest BCUT2D eigenvalue weighted by Crippen LogP contribution is -2.52. The average Bonchev–Trinajstić information content (AvgIpc) is 3.35. The van der Waals surface area contributed by atoms with Gasteiger partial charge in [-0.1, -0.05) is 23.4 Å². The number of hydroxylamine groups is 2. The highest BCUT2D eigenvalue weighted by Gasteiger charge is 2.53. The van der Waals surface area contributed by atoms with E-state index in [0.29, 0.717) is 18.5 Å². The lowest BCUT2D eigenvalue weighted by molar-refractivity contribution is -1.04. The summed E-state index contributed by atoms with van der Waals surface area (Å²) in [4.78, 5) is 35.6. The van der Waals surface area contributed by atoms with Gasteiger partial charge in [-0.15, -0.1) is 0 Å². The molecule has 4 rings (SSSR count). The van der Waals surface area contributed by atoms with Gasteiger partial charge in [-0.25, -0.2) is 23.2 Å². The van der Waals surface area contributed by atoms with Crippen LogP contribution in [0.4, 0.5) is 22.0 Å². The molecule has 1 aliphatic heterocycles. The van der Waals surface area contributed by atoms with Gasteiger partial charge in [0, 0.05) is 30.2 Å². The summed E-state index contributed by atoms with van der Waals surface area (Å²) in [7, 11) is 3.66. The molecule has 1 unspecified atom stereocenters. The van der Waals surface area contributed by atoms with Crippen molar-refractivity contribution in [2.75, 3.05) is 27.2 Å². The minimum absolute atomic E-state index is 0.0244. The summed E-state index contributed by atoms with van der Waals surface area (Å²) in [5, 5.41) is 7.75. The van der Waals surface area contributed by atoms with Crippen LogP contribution in [0.1, 0.15) is 23.4 Å². The molecule has 1 amide bonds. The second-order valence-corrected chi connectivity index (χ2v) is 9.50. The standard InChI is InChI=1S/C27H25F5N5O5/c1-16-33-25(35-41-16)18-7-4-6-17(12-18)15-37(42-26(39)27(30,31)32)23(38)9-8-22(34-37)19-13-20(28)24(21(29)14-19)40-11-5-10-36(2)3/h4,6-9,12-14H,5,10-11,15H2,1-3H3/q+1. The number of rotatable bonds is 10. The first-order valence-electron chi connectivity index (χ1n) is 12.5. The van der Waals surface area contributed by atoms with Crippen molar-refractivity contribution in [3.05, 3.63) is 77.2 Å². The third-order valence-electron chi connectivity index (χ3n) is 5.86. The summed E-state index contributed by atoms with van der Waals surface area (Å²) < 4.78 is 77.8. The predicted octanol–water partition coefficient (Wildman–Crippen LogP) is 4.49. The number of alkyl halides is 3. The maximum Gasteiger partial charge on any atom is 0.497 e. The molecule has 3 aromatic rings. The first-order chi connectivity index (χ1) is 19.8. The van der Waals surface area contributed by atoms with Crippen LogP contribution in [0.3, 0.4) is 0 Å². The van der Waals surface area contributed by atoms with E-state index >= 15 is 0 Å². The number of quaternary nitrogens is 1. The zero-order chi connectivity index (χ0) is 30.7. The smallest absolute Gasteiger partial charge is 0.488 e. The fraction of sp³-hybridized carbons (Fsp3) is 0.296. The van der Waals surface area contributed by atoms with E-state index in [2.05, 4.69) is 20.1 Å². The van der Waals surface area contributed by atoms with Gasteiger partial charge in [-0.2, -0.15) is 18.2 Å². The maximum atomic E-state index is 14.9. The summed E-state index contributed by atoms with van der Waals surface area (Å²) in [6.07, 6.45) is -3.14. The third kappa shape index (κ3) is 7.03. The molecule has 2 aromatic carbocycles. The number of carbonyl (C=O) groups is 2. The van der Waals surface area contributed by atoms with Crippen molar-refractivity contribution in [2.45, 2.75) is 26.1 Å². The Balaban J connectivity index is 1.71. The Morgan fingerprint density at radius 1 is 1.07 bits per heavy atom. The van der Waals surface area contributed by atoms with E-state index in [1.807, 2.05) is 19.0 Å². The minimum Gasteiger partial charge on any atom is -0.488 e. The van der Waals surface area contributed by atoms with E-state index in [1.54, 1.807) is 13.0 Å². The first kappa shape index (κ1) is 30.5. The molecule has 15 heteroatoms. The van der Waals surface area contributed by atoms with Crippen molar-refractivity contribution < 1.29 is 50.4 Å². The molecule has 0 bridgehead atoms. The molecule has 1 atom stereocenters. The van der Waals surface area contributed by atoms with Gasteiger partial charge in [-0.3, -0.25) is 0 Å². The molecule has 0 radical (unpaired) electrons. The number of hydrogen-bond acceptors (Lipinski definition) is 9. The van der Waals surface area contributed by atoms with E-state index in [9.17, 15) is 31.5 Å². The lowest BCUT2D eigenvalue weighted by Gasteiger charge is -2.27. The minimum atomic E-state index is -5.48. The van der Waals surface area contributed by atoms with Crippen molar-refractivity contribution in [3.63, 3.8) is 0 Å². The highest BCUT2D eigenvalue weighted by molar-refractivity contribution is 6.12. The number of nitrogens with zero attached hydrogens (tertiary/aromatic N) is 5. The summed E-state index contributed by atoms with van der Waals surface area (Å²) in [6.45, 7) is 1.49. The molecule has 42 heavy (non-hydrogen) atoms. The summed E-state index contributed by atoms with van der Waals surface area (Å²) in [5.41, 5.74) is 0.0112. The number of hydrogen-bond donors (Lipinski definition) is 0. The second-order valence-electron chi connectivity index (χ2n) is 9.50. The fourth-order valence-corrected chi connectivity index (χ4v) is 3.95. The quantitative estimate of drug-likeness (QED) is 0.192. The van der Waals surface area contributed by atoms with Gasteiger partial charge in [0.15, 0.2) is 23.9 Å². The molecule has 2 heterocycles. The van der Waals surface area contributed by atoms with Gasteiger partial charge >= 0.3 is 18.1 Å². The summed E-state index contributed by atoms with van der Waals surface area (Å²) in [6, 6.07) is 7.68. The van der Waals surface area contributed by atoms with Crippen LogP contribution in [0.25, 0.3) is 11.4 Å². The zero-order valence-electron chi connectivity index (χ0n) is 22.6. The van der Waals surface area contributed by atoms with E-state index in [4.69, 9.17) is 9.26 Å². The molecule has 0 spiro atoms. The Morgan fingerprint density at radius 3 is 2.40 bits per heavy atom. The number of allylic oxidation sites excluding steroid dienone is 1. The second kappa shape index (κ2) is 12.2. The van der Waals surface area contributed by atoms with Crippen LogP contribution < -0.4 is 4.74 Å². The van der Waals surface area contributed by atoms with Gasteiger partial charge < -0.3 is 14.2 Å². The molecule has 1 aromatic heterocycles. The van der Waals surface area contributed by atoms with Crippen LogP contribution in [0, 0.1) is 18.6 Å². The number of aromatic nitrogens is 2. The summed E-state index contributed by atoms with van der Waals surface area (Å²) >= 11 is 0. The Hall–Kier alpha value is -4.50. The van der Waals surface area contributed by atoms with Crippen molar-refractivity contribution in [2.24, 2.45) is 5.10 Å². The molecular formula is C27H25F5N5O5+. The van der Waals surface area contributed by atoms with Crippen LogP contribution in [-0.4, -0.2) is 70.8 Å². The van der Waals surface area contributed by atoms with Gasteiger partial charge in [-0.05, 0) is 49.9 Å². The SMILES string of the molecule is Cc1nc(-c2cccc(C[N+]3(OC(=O)C(F)(F)F)N=C(c4cc(F)c(OCCCN(C)C)c(F)c4)C=CC3=O)c2)no1. The average molecular weight is 595 g/mol. The highest BCUT2D eigenvalue weighted by atomic mass is 19.4. The Bertz CT molecular complexity index is 1530. The van der Waals surface area contributed by atoms with Crippen LogP contribution in [0.5, 0.6) is 5.75 Å². The molecule has 1 aliphatic rings. The molecule has 10 nitrogen and oxygen atoms in total. The highest BCUT2D eigenvalue weighted by Crippen LogP contribution is 2.30. The number of aryl methyl sites for hydroxylation is 1. The van der Waals surface area contributed by atoms with Gasteiger partial charge in [0.2, 0.25) is 11.7 Å². The Kier molecular flexibility index (Phi) is 8.82. The number of benzene rings is 2. The first-order valence-corrected chi connectivity index (χ1v) is 12.5. The largest absolute Gasteiger partial charge is 0.497 e. The topological polar surface area (TPSA) is 107 Å². The van der Waals surface area contributed by atoms with Crippen molar-refractivity contribution in [1.82, 2.24) is 15.0 Å². The third-order valence-corrected chi connectivity index (χ3v) is 5.86. The Labute approximate surface area is 236 Å². The molecule has 0 fully saturated rings. The number of ether oxygens (including phenoxy) is 1. The van der Waals surface area contributed by atoms with Crippen molar-refractivity contribution in [1.29, 1.82) is 0 Å². The van der Waals surface area contributed by atoms with Crippen LogP contribution in [0.15, 0.2) is 58.2 Å². The molecule has 0 aliphatic carbocycles. The Morgan fingerprint density at radius 2 is 1.79 bits per heavy atom. The van der Waals surface area contributed by atoms with Crippen molar-refractivity contribution in [3.8, 4) is 17.1 Å². The van der Waals surface area contributed by atoms with Gasteiger partial charge in [0.1, 0.15) is 5.71 Å². The van der Waals surface area contributed by atoms with Crippen LogP contribution in [0.2, 0.25) is 0 Å². The van der Waals surface area contributed by atoms with E-state index in [0.717, 1.165) is 24.3 Å². The van der Waals surface area contributed by atoms with E-state index in [1.165, 1.54) is 18.2 Å². The predicted molar refractivity (Wildman–Crippen MR) is 136 cm³/mol. The van der Waals surface area contributed by atoms with Crippen LogP contribution in [-0.2, 0) is 21.0 Å². The molecule has 0 saturated heterocycles. The van der Waals surface area contributed by atoms with Crippen molar-refractivity contribution >= 4 is 17.6 Å². The lowest BCUT2D eigenvalue weighted by atomic mass is 10.1. The van der Waals surface area contributed by atoms with E-state index in [-0.39, 0.29) is 35.2 Å². The zero-order valence-corrected chi connectivity index (χ0v) is 22.6. The normalized spacial score (nSPS) is 17.0. The number of amides is 1. The molecule has 222 valence electrons. The monoisotopic (exact) mass is 594 g/mol. The van der Waals surface area contributed by atoms with Gasteiger partial charge in [0.05, 0.1) is 17.4 Å². The number of carbonyl (C=O) groups excluding carboxylic acids is 2. The van der Waals surface area contributed by atoms with Gasteiger partial charge in [0.25, 0.3) is 0 Å². The number of halogens is 5. The molecule has 0 saturated carbocycles.